The second-order valence-electron chi connectivity index (χ2n) is 2.87. The second-order valence-corrected chi connectivity index (χ2v) is 4.29. The average Bonchev–Trinajstić information content (AvgIpc) is 2.20. The Morgan fingerprint density at radius 3 is 2.53 bits per heavy atom. The molecule has 1 aromatic rings. The van der Waals surface area contributed by atoms with Crippen molar-refractivity contribution in [3.8, 4) is 5.75 Å². The smallest absolute Gasteiger partial charge is 0.405 e. The molecule has 0 fully saturated rings. The molecule has 3 nitrogen and oxygen atoms in total. The fourth-order valence-corrected chi connectivity index (χ4v) is 1.58. The Hall–Kier alpha value is -0.760. The molecule has 0 bridgehead atoms. The third-order valence-electron chi connectivity index (χ3n) is 1.56. The standard InChI is InChI=1S/C9H6Br2F3NO2/c10-4-8(16)15-5-1-2-7(6(11)3-5)17-9(12,13)14/h1-3H,4H2,(H,15,16). The number of ether oxygens (including phenoxy) is 1. The van der Waals surface area contributed by atoms with Crippen molar-refractivity contribution >= 4 is 43.5 Å². The Kier molecular flexibility index (Phi) is 4.81. The number of amides is 1. The highest BCUT2D eigenvalue weighted by Gasteiger charge is 2.31. The molecule has 0 saturated heterocycles. The van der Waals surface area contributed by atoms with Crippen LogP contribution in [-0.4, -0.2) is 17.6 Å². The molecule has 0 saturated carbocycles. The lowest BCUT2D eigenvalue weighted by Crippen LogP contribution is -2.17. The number of nitrogens with one attached hydrogen (secondary N) is 1. The Morgan fingerprint density at radius 2 is 2.06 bits per heavy atom. The number of carbonyl (C=O) groups excluding carboxylic acids is 1. The van der Waals surface area contributed by atoms with E-state index in [1.165, 1.54) is 12.1 Å². The number of halogens is 5. The van der Waals surface area contributed by atoms with Gasteiger partial charge in [0.2, 0.25) is 5.91 Å². The molecule has 0 heterocycles. The molecule has 0 aliphatic carbocycles. The van der Waals surface area contributed by atoms with Crippen LogP contribution in [-0.2, 0) is 4.79 Å². The van der Waals surface area contributed by atoms with Gasteiger partial charge in [-0.05, 0) is 34.1 Å². The lowest BCUT2D eigenvalue weighted by atomic mass is 10.3. The Bertz CT molecular complexity index is 423. The Morgan fingerprint density at radius 1 is 1.41 bits per heavy atom. The van der Waals surface area contributed by atoms with Crippen LogP contribution in [0.2, 0.25) is 0 Å². The summed E-state index contributed by atoms with van der Waals surface area (Å²) in [5.41, 5.74) is 0.371. The van der Waals surface area contributed by atoms with Gasteiger partial charge < -0.3 is 10.1 Å². The monoisotopic (exact) mass is 375 g/mol. The van der Waals surface area contributed by atoms with Crippen molar-refractivity contribution in [1.29, 1.82) is 0 Å². The fraction of sp³-hybridized carbons (Fsp3) is 0.222. The van der Waals surface area contributed by atoms with Gasteiger partial charge in [0.15, 0.2) is 0 Å². The zero-order valence-corrected chi connectivity index (χ0v) is 11.3. The molecule has 0 radical (unpaired) electrons. The second kappa shape index (κ2) is 5.72. The van der Waals surface area contributed by atoms with Crippen LogP contribution >= 0.6 is 31.9 Å². The van der Waals surface area contributed by atoms with Crippen molar-refractivity contribution in [2.24, 2.45) is 0 Å². The number of hydrogen-bond donors (Lipinski definition) is 1. The van der Waals surface area contributed by atoms with E-state index in [-0.39, 0.29) is 21.5 Å². The van der Waals surface area contributed by atoms with E-state index in [1.807, 2.05) is 0 Å². The van der Waals surface area contributed by atoms with E-state index in [2.05, 4.69) is 41.9 Å². The molecule has 8 heteroatoms. The first-order valence-corrected chi connectivity index (χ1v) is 6.14. The van der Waals surface area contributed by atoms with Gasteiger partial charge in [-0.3, -0.25) is 4.79 Å². The molecule has 1 N–H and O–H groups in total. The molecule has 17 heavy (non-hydrogen) atoms. The third-order valence-corrected chi connectivity index (χ3v) is 2.69. The normalized spacial score (nSPS) is 11.1. The number of hydrogen-bond acceptors (Lipinski definition) is 2. The van der Waals surface area contributed by atoms with Gasteiger partial charge in [-0.1, -0.05) is 15.9 Å². The van der Waals surface area contributed by atoms with Crippen LogP contribution in [0.4, 0.5) is 18.9 Å². The summed E-state index contributed by atoms with van der Waals surface area (Å²) in [6.45, 7) is 0. The number of anilines is 1. The molecule has 1 amide bonds. The average molecular weight is 377 g/mol. The lowest BCUT2D eigenvalue weighted by Gasteiger charge is -2.11. The molecule has 0 aromatic heterocycles. The van der Waals surface area contributed by atoms with Crippen LogP contribution in [0.15, 0.2) is 22.7 Å². The predicted molar refractivity (Wildman–Crippen MR) is 63.2 cm³/mol. The fourth-order valence-electron chi connectivity index (χ4n) is 0.980. The summed E-state index contributed by atoms with van der Waals surface area (Å²) >= 11 is 5.87. The van der Waals surface area contributed by atoms with E-state index in [1.54, 1.807) is 0 Å². The van der Waals surface area contributed by atoms with E-state index in [4.69, 9.17) is 0 Å². The Labute approximate surface area is 112 Å². The molecule has 0 unspecified atom stereocenters. The van der Waals surface area contributed by atoms with E-state index in [0.29, 0.717) is 5.69 Å². The summed E-state index contributed by atoms with van der Waals surface area (Å²) in [5.74, 6) is -0.671. The first-order chi connectivity index (χ1) is 7.81. The van der Waals surface area contributed by atoms with Gasteiger partial charge in [0, 0.05) is 5.69 Å². The van der Waals surface area contributed by atoms with Crippen LogP contribution in [0.3, 0.4) is 0 Å². The van der Waals surface area contributed by atoms with Crippen LogP contribution < -0.4 is 10.1 Å². The summed E-state index contributed by atoms with van der Waals surface area (Å²) in [5, 5.41) is 2.57. The minimum absolute atomic E-state index is 0.0993. The highest BCUT2D eigenvalue weighted by atomic mass is 79.9. The summed E-state index contributed by atoms with van der Waals surface area (Å²) in [7, 11) is 0. The zero-order valence-electron chi connectivity index (χ0n) is 8.15. The van der Waals surface area contributed by atoms with Crippen LogP contribution in [0.5, 0.6) is 5.75 Å². The SMILES string of the molecule is O=C(CBr)Nc1ccc(OC(F)(F)F)c(Br)c1. The van der Waals surface area contributed by atoms with Crippen molar-refractivity contribution in [2.75, 3.05) is 10.6 Å². The lowest BCUT2D eigenvalue weighted by molar-refractivity contribution is -0.274. The van der Waals surface area contributed by atoms with Crippen molar-refractivity contribution in [1.82, 2.24) is 0 Å². The summed E-state index contributed by atoms with van der Waals surface area (Å²) in [4.78, 5) is 11.0. The van der Waals surface area contributed by atoms with E-state index >= 15 is 0 Å². The van der Waals surface area contributed by atoms with Crippen LogP contribution in [0.25, 0.3) is 0 Å². The zero-order chi connectivity index (χ0) is 13.1. The van der Waals surface area contributed by atoms with Crippen molar-refractivity contribution in [2.45, 2.75) is 6.36 Å². The molecule has 94 valence electrons. The number of benzene rings is 1. The van der Waals surface area contributed by atoms with E-state index in [0.717, 1.165) is 6.07 Å². The molecule has 0 aliphatic rings. The molecule has 1 aromatic carbocycles. The first kappa shape index (κ1) is 14.3. The van der Waals surface area contributed by atoms with Gasteiger partial charge in [0.25, 0.3) is 0 Å². The molecular formula is C9H6Br2F3NO2. The van der Waals surface area contributed by atoms with Gasteiger partial charge in [-0.25, -0.2) is 0 Å². The quantitative estimate of drug-likeness (QED) is 0.817. The van der Waals surface area contributed by atoms with Gasteiger partial charge in [0.05, 0.1) is 9.80 Å². The van der Waals surface area contributed by atoms with Crippen LogP contribution in [0, 0.1) is 0 Å². The maximum atomic E-state index is 12.0. The van der Waals surface area contributed by atoms with Gasteiger partial charge in [0.1, 0.15) is 5.75 Å². The molecule has 0 spiro atoms. The van der Waals surface area contributed by atoms with Gasteiger partial charge >= 0.3 is 6.36 Å². The minimum Gasteiger partial charge on any atom is -0.405 e. The molecular weight excluding hydrogens is 371 g/mol. The summed E-state index contributed by atoms with van der Waals surface area (Å²) < 4.78 is 39.8. The topological polar surface area (TPSA) is 38.3 Å². The van der Waals surface area contributed by atoms with Crippen molar-refractivity contribution in [3.63, 3.8) is 0 Å². The highest BCUT2D eigenvalue weighted by Crippen LogP contribution is 2.32. The molecule has 1 rings (SSSR count). The van der Waals surface area contributed by atoms with Gasteiger partial charge in [-0.15, -0.1) is 13.2 Å². The van der Waals surface area contributed by atoms with E-state index < -0.39 is 6.36 Å². The maximum absolute atomic E-state index is 12.0. The van der Waals surface area contributed by atoms with Crippen molar-refractivity contribution in [3.05, 3.63) is 22.7 Å². The molecule has 0 atom stereocenters. The Balaban J connectivity index is 2.83. The maximum Gasteiger partial charge on any atom is 0.573 e. The van der Waals surface area contributed by atoms with Crippen molar-refractivity contribution < 1.29 is 22.7 Å². The number of rotatable bonds is 3. The summed E-state index contributed by atoms with van der Waals surface area (Å²) in [6.07, 6.45) is -4.75. The van der Waals surface area contributed by atoms with Crippen LogP contribution in [0.1, 0.15) is 0 Å². The van der Waals surface area contributed by atoms with E-state index in [9.17, 15) is 18.0 Å². The van der Waals surface area contributed by atoms with Gasteiger partial charge in [-0.2, -0.15) is 0 Å². The number of alkyl halides is 4. The number of carbonyl (C=O) groups is 1. The predicted octanol–water partition coefficient (Wildman–Crippen LogP) is 3.68. The minimum atomic E-state index is -4.75. The highest BCUT2D eigenvalue weighted by molar-refractivity contribution is 9.10. The summed E-state index contributed by atoms with van der Waals surface area (Å²) in [6, 6.07) is 3.75. The first-order valence-electron chi connectivity index (χ1n) is 4.23. The molecule has 0 aliphatic heterocycles. The largest absolute Gasteiger partial charge is 0.573 e. The third kappa shape index (κ3) is 4.95.